The van der Waals surface area contributed by atoms with E-state index in [0.29, 0.717) is 0 Å². The van der Waals surface area contributed by atoms with E-state index >= 15 is 0 Å². The van der Waals surface area contributed by atoms with Gasteiger partial charge in [-0.1, -0.05) is 146 Å². The fourth-order valence-electron chi connectivity index (χ4n) is 7.63. The monoisotopic (exact) mass is 555 g/mol. The van der Waals surface area contributed by atoms with Gasteiger partial charge in [0.2, 0.25) is 0 Å². The first-order valence-electron chi connectivity index (χ1n) is 15.2. The molecule has 9 aromatic carbocycles. The third-order valence-electron chi connectivity index (χ3n) is 9.57. The van der Waals surface area contributed by atoms with Crippen molar-refractivity contribution in [3.8, 4) is 22.4 Å². The molecule has 0 aliphatic carbocycles. The molecule has 1 heterocycles. The van der Waals surface area contributed by atoms with E-state index in [1.807, 2.05) is 0 Å². The first-order valence-corrected chi connectivity index (χ1v) is 15.2. The number of aromatic nitrogens is 1. The van der Waals surface area contributed by atoms with Gasteiger partial charge in [0.05, 0.1) is 11.2 Å². The standard InChI is InChI=1S/C43H25N/c1-3-12-34-32(10-1)33-11-2-4-13-35(33)42-41(34)37-14-5-6-15-38(37)44-43(42)30-20-16-26(17-21-30)31-24-22-29-19-18-27-8-7-9-28-23-25-36(31)40(29)39(27)28/h1-25H. The molecule has 0 atom stereocenters. The second-order valence-electron chi connectivity index (χ2n) is 11.9. The van der Waals surface area contributed by atoms with Crippen LogP contribution in [0.5, 0.6) is 0 Å². The summed E-state index contributed by atoms with van der Waals surface area (Å²) < 4.78 is 0. The fraction of sp³-hybridized carbons (Fsp3) is 0. The third kappa shape index (κ3) is 3.21. The first-order chi connectivity index (χ1) is 21.8. The highest BCUT2D eigenvalue weighted by atomic mass is 14.7. The number of rotatable bonds is 2. The van der Waals surface area contributed by atoms with Gasteiger partial charge in [0.25, 0.3) is 0 Å². The maximum Gasteiger partial charge on any atom is 0.0794 e. The molecule has 0 aliphatic rings. The molecule has 10 aromatic rings. The lowest BCUT2D eigenvalue weighted by Gasteiger charge is -2.17. The van der Waals surface area contributed by atoms with Crippen molar-refractivity contribution in [1.29, 1.82) is 0 Å². The molecule has 0 saturated carbocycles. The van der Waals surface area contributed by atoms with Gasteiger partial charge in [0.1, 0.15) is 0 Å². The lowest BCUT2D eigenvalue weighted by atomic mass is 9.88. The van der Waals surface area contributed by atoms with Crippen LogP contribution in [-0.2, 0) is 0 Å². The molecule has 0 saturated heterocycles. The number of hydrogen-bond acceptors (Lipinski definition) is 1. The number of pyridine rings is 1. The summed E-state index contributed by atoms with van der Waals surface area (Å²) in [4.78, 5) is 5.34. The summed E-state index contributed by atoms with van der Waals surface area (Å²) in [6.07, 6.45) is 0. The Labute approximate surface area is 254 Å². The molecular formula is C43H25N. The van der Waals surface area contributed by atoms with Crippen molar-refractivity contribution < 1.29 is 0 Å². The molecule has 0 aliphatic heterocycles. The van der Waals surface area contributed by atoms with Gasteiger partial charge in [-0.3, -0.25) is 0 Å². The van der Waals surface area contributed by atoms with E-state index in [-0.39, 0.29) is 0 Å². The van der Waals surface area contributed by atoms with Crippen molar-refractivity contribution in [2.45, 2.75) is 0 Å². The number of fused-ring (bicyclic) bond motifs is 8. The fourth-order valence-corrected chi connectivity index (χ4v) is 7.63. The number of benzene rings is 9. The smallest absolute Gasteiger partial charge is 0.0794 e. The Morgan fingerprint density at radius 1 is 0.295 bits per heavy atom. The zero-order valence-electron chi connectivity index (χ0n) is 23.9. The van der Waals surface area contributed by atoms with Crippen LogP contribution in [-0.4, -0.2) is 4.98 Å². The van der Waals surface area contributed by atoms with E-state index in [4.69, 9.17) is 4.98 Å². The van der Waals surface area contributed by atoms with E-state index in [2.05, 4.69) is 152 Å². The molecule has 0 spiro atoms. The Bertz CT molecular complexity index is 2740. The van der Waals surface area contributed by atoms with Crippen LogP contribution >= 0.6 is 0 Å². The summed E-state index contributed by atoms with van der Waals surface area (Å²) in [5.41, 5.74) is 5.65. The van der Waals surface area contributed by atoms with Gasteiger partial charge in [-0.05, 0) is 71.1 Å². The summed E-state index contributed by atoms with van der Waals surface area (Å²) >= 11 is 0. The van der Waals surface area contributed by atoms with E-state index in [1.165, 1.54) is 81.1 Å². The quantitative estimate of drug-likeness (QED) is 0.193. The highest BCUT2D eigenvalue weighted by molar-refractivity contribution is 6.33. The van der Waals surface area contributed by atoms with Crippen molar-refractivity contribution in [2.75, 3.05) is 0 Å². The molecule has 0 fully saturated rings. The average molecular weight is 556 g/mol. The van der Waals surface area contributed by atoms with Crippen LogP contribution in [0.25, 0.3) is 97.9 Å². The average Bonchev–Trinajstić information content (AvgIpc) is 3.10. The first kappa shape index (κ1) is 23.7. The highest BCUT2D eigenvalue weighted by Crippen LogP contribution is 2.44. The Morgan fingerprint density at radius 2 is 0.841 bits per heavy atom. The maximum absolute atomic E-state index is 5.34. The van der Waals surface area contributed by atoms with E-state index in [0.717, 1.165) is 16.8 Å². The topological polar surface area (TPSA) is 12.9 Å². The molecule has 0 N–H and O–H groups in total. The predicted octanol–water partition coefficient (Wildman–Crippen LogP) is 11.9. The molecule has 0 radical (unpaired) electrons. The lowest BCUT2D eigenvalue weighted by Crippen LogP contribution is -1.93. The van der Waals surface area contributed by atoms with Gasteiger partial charge in [0, 0.05) is 21.7 Å². The summed E-state index contributed by atoms with van der Waals surface area (Å²) in [7, 11) is 0. The van der Waals surface area contributed by atoms with Gasteiger partial charge in [-0.25, -0.2) is 4.98 Å². The minimum Gasteiger partial charge on any atom is -0.247 e. The van der Waals surface area contributed by atoms with Crippen LogP contribution in [0, 0.1) is 0 Å². The molecule has 0 amide bonds. The minimum atomic E-state index is 1.02. The zero-order chi connectivity index (χ0) is 28.8. The summed E-state index contributed by atoms with van der Waals surface area (Å²) in [6.45, 7) is 0. The molecule has 202 valence electrons. The highest BCUT2D eigenvalue weighted by Gasteiger charge is 2.18. The molecule has 0 unspecified atom stereocenters. The second-order valence-corrected chi connectivity index (χ2v) is 11.9. The number of nitrogens with zero attached hydrogens (tertiary/aromatic N) is 1. The minimum absolute atomic E-state index is 1.02. The molecule has 1 heteroatoms. The van der Waals surface area contributed by atoms with Crippen LogP contribution in [0.3, 0.4) is 0 Å². The largest absolute Gasteiger partial charge is 0.247 e. The zero-order valence-corrected chi connectivity index (χ0v) is 23.9. The maximum atomic E-state index is 5.34. The van der Waals surface area contributed by atoms with Crippen LogP contribution in [0.4, 0.5) is 0 Å². The third-order valence-corrected chi connectivity index (χ3v) is 9.57. The van der Waals surface area contributed by atoms with Crippen LogP contribution in [0.2, 0.25) is 0 Å². The van der Waals surface area contributed by atoms with Crippen LogP contribution in [0.1, 0.15) is 0 Å². The van der Waals surface area contributed by atoms with Crippen LogP contribution < -0.4 is 0 Å². The Hall–Kier alpha value is -5.79. The van der Waals surface area contributed by atoms with Crippen molar-refractivity contribution >= 4 is 75.5 Å². The van der Waals surface area contributed by atoms with Gasteiger partial charge in [0.15, 0.2) is 0 Å². The lowest BCUT2D eigenvalue weighted by molar-refractivity contribution is 1.43. The van der Waals surface area contributed by atoms with E-state index in [1.54, 1.807) is 0 Å². The summed E-state index contributed by atoms with van der Waals surface area (Å²) in [6, 6.07) is 55.4. The van der Waals surface area contributed by atoms with Gasteiger partial charge < -0.3 is 0 Å². The molecule has 1 nitrogen and oxygen atoms in total. The Morgan fingerprint density at radius 3 is 1.57 bits per heavy atom. The van der Waals surface area contributed by atoms with Crippen LogP contribution in [0.15, 0.2) is 152 Å². The number of para-hydroxylation sites is 1. The van der Waals surface area contributed by atoms with Gasteiger partial charge in [-0.15, -0.1) is 0 Å². The molecule has 0 bridgehead atoms. The normalized spacial score (nSPS) is 12.1. The molecule has 10 rings (SSSR count). The van der Waals surface area contributed by atoms with E-state index < -0.39 is 0 Å². The molecule has 44 heavy (non-hydrogen) atoms. The van der Waals surface area contributed by atoms with Crippen molar-refractivity contribution in [3.63, 3.8) is 0 Å². The predicted molar refractivity (Wildman–Crippen MR) is 189 cm³/mol. The molecule has 1 aromatic heterocycles. The van der Waals surface area contributed by atoms with Gasteiger partial charge >= 0.3 is 0 Å². The van der Waals surface area contributed by atoms with Gasteiger partial charge in [-0.2, -0.15) is 0 Å². The Balaban J connectivity index is 1.24. The second kappa shape index (κ2) is 8.86. The number of hydrogen-bond donors (Lipinski definition) is 0. The summed E-state index contributed by atoms with van der Waals surface area (Å²) in [5.74, 6) is 0. The van der Waals surface area contributed by atoms with E-state index in [9.17, 15) is 0 Å². The van der Waals surface area contributed by atoms with Crippen molar-refractivity contribution in [1.82, 2.24) is 4.98 Å². The molecular weight excluding hydrogens is 530 g/mol. The van der Waals surface area contributed by atoms with Crippen molar-refractivity contribution in [3.05, 3.63) is 152 Å². The van der Waals surface area contributed by atoms with Crippen molar-refractivity contribution in [2.24, 2.45) is 0 Å². The summed E-state index contributed by atoms with van der Waals surface area (Å²) in [5, 5.41) is 16.6. The SMILES string of the molecule is c1cc2ccc3ccc(-c4ccc(-c5nc6ccccc6c6c7ccccc7c7ccccc7c56)cc4)c4ccc(c1)c2c34. The Kier molecular flexibility index (Phi) is 4.78.